The van der Waals surface area contributed by atoms with E-state index in [4.69, 9.17) is 0 Å². The number of hydrogen-bond acceptors (Lipinski definition) is 2. The zero-order valence-electron chi connectivity index (χ0n) is 19.4. The third-order valence-electron chi connectivity index (χ3n) is 7.58. The van der Waals surface area contributed by atoms with Crippen molar-refractivity contribution in [1.29, 1.82) is 0 Å². The van der Waals surface area contributed by atoms with Gasteiger partial charge in [0.1, 0.15) is 5.82 Å². The van der Waals surface area contributed by atoms with E-state index in [1.807, 2.05) is 71.4 Å². The number of likely N-dealkylation sites (N-methyl/N-ethyl adjacent to an activating group) is 1. The maximum Gasteiger partial charge on any atom is 0.254 e. The third kappa shape index (κ3) is 4.11. The molecule has 2 aliphatic rings. The van der Waals surface area contributed by atoms with Gasteiger partial charge in [0.15, 0.2) is 0 Å². The van der Waals surface area contributed by atoms with Crippen molar-refractivity contribution in [3.8, 4) is 11.1 Å². The Hall–Kier alpha value is -3.47. The predicted molar refractivity (Wildman–Crippen MR) is 131 cm³/mol. The maximum atomic E-state index is 13.5. The second-order valence-electron chi connectivity index (χ2n) is 9.59. The first kappa shape index (κ1) is 22.3. The van der Waals surface area contributed by atoms with E-state index in [0.29, 0.717) is 31.5 Å². The van der Waals surface area contributed by atoms with Crippen molar-refractivity contribution in [2.45, 2.75) is 31.7 Å². The Morgan fingerprint density at radius 1 is 0.941 bits per heavy atom. The summed E-state index contributed by atoms with van der Waals surface area (Å²) >= 11 is 0. The number of hydrogen-bond donors (Lipinski definition) is 0. The Morgan fingerprint density at radius 3 is 2.29 bits per heavy atom. The van der Waals surface area contributed by atoms with Crippen LogP contribution in [0.4, 0.5) is 4.39 Å². The van der Waals surface area contributed by atoms with Crippen molar-refractivity contribution < 1.29 is 14.0 Å². The fourth-order valence-electron chi connectivity index (χ4n) is 5.58. The van der Waals surface area contributed by atoms with Gasteiger partial charge in [-0.1, -0.05) is 60.7 Å². The summed E-state index contributed by atoms with van der Waals surface area (Å²) in [6, 6.07) is 24.3. The number of halogens is 1. The lowest BCUT2D eigenvalue weighted by atomic mass is 9.75. The van der Waals surface area contributed by atoms with Crippen LogP contribution >= 0.6 is 0 Å². The first-order chi connectivity index (χ1) is 16.5. The molecular weight excluding hydrogens is 427 g/mol. The SMILES string of the molecule is CN1C(=O)C2(CCN(C(=O)c3ccccc3-c3ccccc3)CC2)C[C@@H]1Cc1ccc(F)cc1. The lowest BCUT2D eigenvalue weighted by Crippen LogP contribution is -2.46. The lowest BCUT2D eigenvalue weighted by molar-refractivity contribution is -0.137. The van der Waals surface area contributed by atoms with Gasteiger partial charge in [0.05, 0.1) is 5.41 Å². The van der Waals surface area contributed by atoms with Gasteiger partial charge < -0.3 is 9.80 Å². The predicted octanol–water partition coefficient (Wildman–Crippen LogP) is 5.19. The molecule has 0 aliphatic carbocycles. The molecule has 0 radical (unpaired) electrons. The van der Waals surface area contributed by atoms with Gasteiger partial charge in [-0.15, -0.1) is 0 Å². The second-order valence-corrected chi connectivity index (χ2v) is 9.59. The Labute approximate surface area is 200 Å². The van der Waals surface area contributed by atoms with Gasteiger partial charge in [0.2, 0.25) is 5.91 Å². The van der Waals surface area contributed by atoms with E-state index in [9.17, 15) is 14.0 Å². The van der Waals surface area contributed by atoms with E-state index in [1.54, 1.807) is 12.1 Å². The highest BCUT2D eigenvalue weighted by molar-refractivity contribution is 6.01. The van der Waals surface area contributed by atoms with Crippen LogP contribution < -0.4 is 0 Å². The summed E-state index contributed by atoms with van der Waals surface area (Å²) < 4.78 is 13.3. The smallest absolute Gasteiger partial charge is 0.254 e. The maximum absolute atomic E-state index is 13.5. The second kappa shape index (κ2) is 9.05. The monoisotopic (exact) mass is 456 g/mol. The van der Waals surface area contributed by atoms with Crippen molar-refractivity contribution in [3.63, 3.8) is 0 Å². The number of carbonyl (C=O) groups excluding carboxylic acids is 2. The Kier molecular flexibility index (Phi) is 5.94. The van der Waals surface area contributed by atoms with Crippen molar-refractivity contribution in [3.05, 3.63) is 95.8 Å². The van der Waals surface area contributed by atoms with Gasteiger partial charge in [-0.2, -0.15) is 0 Å². The summed E-state index contributed by atoms with van der Waals surface area (Å²) in [4.78, 5) is 30.5. The molecule has 0 bridgehead atoms. The summed E-state index contributed by atoms with van der Waals surface area (Å²) in [5, 5.41) is 0. The Bertz CT molecular complexity index is 1180. The largest absolute Gasteiger partial charge is 0.342 e. The highest BCUT2D eigenvalue weighted by Gasteiger charge is 2.51. The molecule has 5 heteroatoms. The van der Waals surface area contributed by atoms with E-state index < -0.39 is 5.41 Å². The molecule has 2 amide bonds. The molecule has 34 heavy (non-hydrogen) atoms. The molecule has 2 fully saturated rings. The highest BCUT2D eigenvalue weighted by Crippen LogP contribution is 2.45. The highest BCUT2D eigenvalue weighted by atomic mass is 19.1. The average molecular weight is 457 g/mol. The van der Waals surface area contributed by atoms with Crippen LogP contribution in [0.2, 0.25) is 0 Å². The van der Waals surface area contributed by atoms with Crippen LogP contribution in [0.15, 0.2) is 78.9 Å². The quantitative estimate of drug-likeness (QED) is 0.542. The number of amides is 2. The number of piperidine rings is 1. The molecule has 5 rings (SSSR count). The van der Waals surface area contributed by atoms with E-state index in [1.165, 1.54) is 12.1 Å². The van der Waals surface area contributed by atoms with Gasteiger partial charge in [0, 0.05) is 31.7 Å². The molecule has 0 N–H and O–H groups in total. The minimum absolute atomic E-state index is 0.0240. The van der Waals surface area contributed by atoms with Crippen LogP contribution in [-0.2, 0) is 11.2 Å². The van der Waals surface area contributed by atoms with E-state index in [0.717, 1.165) is 29.5 Å². The van der Waals surface area contributed by atoms with Crippen LogP contribution in [0, 0.1) is 11.2 Å². The van der Waals surface area contributed by atoms with Crippen molar-refractivity contribution in [2.75, 3.05) is 20.1 Å². The molecule has 1 spiro atoms. The van der Waals surface area contributed by atoms with Gasteiger partial charge in [-0.3, -0.25) is 9.59 Å². The number of likely N-dealkylation sites (tertiary alicyclic amines) is 2. The van der Waals surface area contributed by atoms with Crippen molar-refractivity contribution in [1.82, 2.24) is 9.80 Å². The average Bonchev–Trinajstić information content (AvgIpc) is 3.10. The third-order valence-corrected chi connectivity index (χ3v) is 7.58. The summed E-state index contributed by atoms with van der Waals surface area (Å²) in [5.74, 6) is -0.0469. The molecule has 0 unspecified atom stereocenters. The Balaban J connectivity index is 1.29. The normalized spacial score (nSPS) is 19.6. The first-order valence-corrected chi connectivity index (χ1v) is 11.9. The van der Waals surface area contributed by atoms with Crippen LogP contribution in [-0.4, -0.2) is 47.8 Å². The molecule has 0 aromatic heterocycles. The summed E-state index contributed by atoms with van der Waals surface area (Å²) in [6.45, 7) is 1.15. The Morgan fingerprint density at radius 2 is 1.59 bits per heavy atom. The fraction of sp³-hybridized carbons (Fsp3) is 0.310. The molecule has 2 saturated heterocycles. The van der Waals surface area contributed by atoms with Gasteiger partial charge in [-0.05, 0) is 60.6 Å². The summed E-state index contributed by atoms with van der Waals surface area (Å²) in [5.41, 5.74) is 3.29. The molecule has 0 saturated carbocycles. The molecule has 1 atom stereocenters. The molecular formula is C29H29FN2O2. The van der Waals surface area contributed by atoms with Gasteiger partial charge in [0.25, 0.3) is 5.91 Å². The first-order valence-electron chi connectivity index (χ1n) is 11.9. The molecule has 3 aromatic rings. The summed E-state index contributed by atoms with van der Waals surface area (Å²) in [7, 11) is 1.87. The standard InChI is InChI=1S/C29H29FN2O2/c1-31-24(19-21-11-13-23(30)14-12-21)20-29(28(31)34)15-17-32(18-16-29)27(33)26-10-6-5-9-25(26)22-7-3-2-4-8-22/h2-14,24H,15-20H2,1H3/t24-/m0/s1. The number of carbonyl (C=O) groups is 2. The van der Waals surface area contributed by atoms with Crippen LogP contribution in [0.5, 0.6) is 0 Å². The molecule has 4 nitrogen and oxygen atoms in total. The van der Waals surface area contributed by atoms with E-state index >= 15 is 0 Å². The minimum atomic E-state index is -0.408. The molecule has 2 heterocycles. The van der Waals surface area contributed by atoms with Gasteiger partial charge >= 0.3 is 0 Å². The van der Waals surface area contributed by atoms with Crippen LogP contribution in [0.1, 0.15) is 35.2 Å². The minimum Gasteiger partial charge on any atom is -0.342 e. The summed E-state index contributed by atoms with van der Waals surface area (Å²) in [6.07, 6.45) is 2.85. The van der Waals surface area contributed by atoms with Gasteiger partial charge in [-0.25, -0.2) is 4.39 Å². The van der Waals surface area contributed by atoms with E-state index in [2.05, 4.69) is 0 Å². The van der Waals surface area contributed by atoms with Crippen molar-refractivity contribution >= 4 is 11.8 Å². The number of nitrogens with zero attached hydrogens (tertiary/aromatic N) is 2. The molecule has 3 aromatic carbocycles. The van der Waals surface area contributed by atoms with Crippen LogP contribution in [0.3, 0.4) is 0 Å². The molecule has 2 aliphatic heterocycles. The van der Waals surface area contributed by atoms with Crippen molar-refractivity contribution in [2.24, 2.45) is 5.41 Å². The zero-order chi connectivity index (χ0) is 23.7. The number of benzene rings is 3. The fourth-order valence-corrected chi connectivity index (χ4v) is 5.58. The van der Waals surface area contributed by atoms with E-state index in [-0.39, 0.29) is 23.7 Å². The van der Waals surface area contributed by atoms with Crippen LogP contribution in [0.25, 0.3) is 11.1 Å². The topological polar surface area (TPSA) is 40.6 Å². The molecule has 174 valence electrons. The lowest BCUT2D eigenvalue weighted by Gasteiger charge is -2.38. The number of rotatable bonds is 4. The zero-order valence-corrected chi connectivity index (χ0v) is 19.4.